The number of hydrogen-bond acceptors (Lipinski definition) is 4. The topological polar surface area (TPSA) is 43.4 Å². The number of hydrogen-bond donors (Lipinski definition) is 0. The van der Waals surface area contributed by atoms with E-state index in [1.54, 1.807) is 24.3 Å². The van der Waals surface area contributed by atoms with Gasteiger partial charge in [0.05, 0.1) is 4.90 Å². The van der Waals surface area contributed by atoms with Gasteiger partial charge in [0.2, 0.25) is 0 Å². The second-order valence-electron chi connectivity index (χ2n) is 6.50. The van der Waals surface area contributed by atoms with Gasteiger partial charge in [0.15, 0.2) is 11.6 Å². The molecule has 1 heterocycles. The Bertz CT molecular complexity index is 1140. The largest absolute Gasteiger partial charge is 0.297 e. The molecule has 144 valence electrons. The fourth-order valence-electron chi connectivity index (χ4n) is 3.14. The van der Waals surface area contributed by atoms with Crippen LogP contribution >= 0.6 is 11.8 Å². The molecule has 3 nitrogen and oxygen atoms in total. The lowest BCUT2D eigenvalue weighted by Gasteiger charge is -2.20. The van der Waals surface area contributed by atoms with Gasteiger partial charge in [-0.2, -0.15) is 8.42 Å². The smallest absolute Gasteiger partial charge is 0.253 e. The van der Waals surface area contributed by atoms with Crippen molar-refractivity contribution in [2.24, 2.45) is 0 Å². The zero-order valence-electron chi connectivity index (χ0n) is 14.9. The summed E-state index contributed by atoms with van der Waals surface area (Å²) in [5.41, 5.74) is 1.95. The summed E-state index contributed by atoms with van der Waals surface area (Å²) in [6, 6.07) is 15.8. The van der Waals surface area contributed by atoms with Gasteiger partial charge in [0.1, 0.15) is 6.10 Å². The maximum absolute atomic E-state index is 14.5. The van der Waals surface area contributed by atoms with Gasteiger partial charge in [-0.15, -0.1) is 11.8 Å². The van der Waals surface area contributed by atoms with Crippen LogP contribution < -0.4 is 0 Å². The Kier molecular flexibility index (Phi) is 4.99. The van der Waals surface area contributed by atoms with E-state index < -0.39 is 27.9 Å². The van der Waals surface area contributed by atoms with Crippen molar-refractivity contribution in [1.82, 2.24) is 0 Å². The maximum Gasteiger partial charge on any atom is 0.297 e. The summed E-state index contributed by atoms with van der Waals surface area (Å²) in [5.74, 6) is -1.76. The number of thioether (sulfide) groups is 1. The van der Waals surface area contributed by atoms with Crippen LogP contribution in [0.5, 0.6) is 0 Å². The number of halogens is 2. The minimum Gasteiger partial charge on any atom is -0.253 e. The highest BCUT2D eigenvalue weighted by Gasteiger charge is 2.32. The molecule has 7 heteroatoms. The summed E-state index contributed by atoms with van der Waals surface area (Å²) in [7, 11) is -4.13. The lowest BCUT2D eigenvalue weighted by molar-refractivity contribution is 0.249. The second kappa shape index (κ2) is 7.31. The number of rotatable bonds is 3. The molecule has 1 aliphatic heterocycles. The van der Waals surface area contributed by atoms with Crippen LogP contribution in [0.25, 0.3) is 0 Å². The Morgan fingerprint density at radius 2 is 1.68 bits per heavy atom. The number of fused-ring (bicyclic) bond motifs is 2. The molecular weight excluding hydrogens is 402 g/mol. The van der Waals surface area contributed by atoms with E-state index in [0.717, 1.165) is 16.5 Å². The molecule has 0 radical (unpaired) electrons. The van der Waals surface area contributed by atoms with Crippen LogP contribution in [0.2, 0.25) is 0 Å². The maximum atomic E-state index is 14.5. The first-order valence-corrected chi connectivity index (χ1v) is 10.9. The highest BCUT2D eigenvalue weighted by Crippen LogP contribution is 2.43. The van der Waals surface area contributed by atoms with Crippen LogP contribution in [-0.4, -0.2) is 8.42 Å². The molecule has 3 aromatic rings. The third-order valence-corrected chi connectivity index (χ3v) is 7.03. The Balaban J connectivity index is 1.86. The van der Waals surface area contributed by atoms with Crippen molar-refractivity contribution in [3.63, 3.8) is 0 Å². The van der Waals surface area contributed by atoms with E-state index in [4.69, 9.17) is 4.18 Å². The van der Waals surface area contributed by atoms with Gasteiger partial charge in [-0.3, -0.25) is 4.18 Å². The van der Waals surface area contributed by atoms with E-state index in [2.05, 4.69) is 0 Å². The first-order valence-electron chi connectivity index (χ1n) is 8.55. The van der Waals surface area contributed by atoms with Gasteiger partial charge in [0, 0.05) is 21.8 Å². The van der Waals surface area contributed by atoms with Gasteiger partial charge >= 0.3 is 0 Å². The van der Waals surface area contributed by atoms with Crippen molar-refractivity contribution < 1.29 is 21.4 Å². The summed E-state index contributed by atoms with van der Waals surface area (Å²) in [6.07, 6.45) is -1.07. The molecule has 1 atom stereocenters. The van der Waals surface area contributed by atoms with E-state index in [0.29, 0.717) is 11.1 Å². The number of benzene rings is 3. The molecule has 0 amide bonds. The predicted octanol–water partition coefficient (Wildman–Crippen LogP) is 5.37. The van der Waals surface area contributed by atoms with Crippen LogP contribution in [-0.2, 0) is 20.1 Å². The van der Waals surface area contributed by atoms with Gasteiger partial charge in [-0.25, -0.2) is 8.78 Å². The van der Waals surface area contributed by atoms with E-state index >= 15 is 0 Å². The summed E-state index contributed by atoms with van der Waals surface area (Å²) >= 11 is 1.32. The van der Waals surface area contributed by atoms with Crippen molar-refractivity contribution in [3.05, 3.63) is 94.6 Å². The van der Waals surface area contributed by atoms with Crippen molar-refractivity contribution in [3.8, 4) is 0 Å². The predicted molar refractivity (Wildman–Crippen MR) is 104 cm³/mol. The SMILES string of the molecule is Cc1ccc(S(=O)(=O)OC2c3ccccc3SCc3c2ccc(F)c3F)cc1. The molecule has 0 fully saturated rings. The highest BCUT2D eigenvalue weighted by molar-refractivity contribution is 7.98. The van der Waals surface area contributed by atoms with E-state index in [-0.39, 0.29) is 16.2 Å². The third-order valence-electron chi connectivity index (χ3n) is 4.62. The summed E-state index contributed by atoms with van der Waals surface area (Å²) in [4.78, 5) is 0.777. The van der Waals surface area contributed by atoms with Crippen molar-refractivity contribution >= 4 is 21.9 Å². The normalized spacial score (nSPS) is 16.2. The van der Waals surface area contributed by atoms with Crippen LogP contribution in [0.4, 0.5) is 8.78 Å². The van der Waals surface area contributed by atoms with Crippen molar-refractivity contribution in [1.29, 1.82) is 0 Å². The Hall–Kier alpha value is -2.22. The molecule has 3 aromatic carbocycles. The molecule has 1 aliphatic rings. The first-order chi connectivity index (χ1) is 13.4. The molecule has 0 aromatic heterocycles. The van der Waals surface area contributed by atoms with Gasteiger partial charge in [-0.1, -0.05) is 42.0 Å². The zero-order valence-corrected chi connectivity index (χ0v) is 16.5. The van der Waals surface area contributed by atoms with Gasteiger partial charge in [0.25, 0.3) is 10.1 Å². The van der Waals surface area contributed by atoms with E-state index in [1.807, 2.05) is 19.1 Å². The fraction of sp³-hybridized carbons (Fsp3) is 0.143. The lowest BCUT2D eigenvalue weighted by Crippen LogP contribution is -2.15. The van der Waals surface area contributed by atoms with Crippen LogP contribution in [0.3, 0.4) is 0 Å². The lowest BCUT2D eigenvalue weighted by atomic mass is 9.97. The minimum absolute atomic E-state index is 0.0108. The Labute approximate surface area is 166 Å². The zero-order chi connectivity index (χ0) is 19.9. The molecule has 1 unspecified atom stereocenters. The minimum atomic E-state index is -4.13. The molecule has 0 saturated heterocycles. The molecule has 4 rings (SSSR count). The fourth-order valence-corrected chi connectivity index (χ4v) is 5.29. The average molecular weight is 418 g/mol. The highest BCUT2D eigenvalue weighted by atomic mass is 32.2. The van der Waals surface area contributed by atoms with E-state index in [1.165, 1.54) is 30.0 Å². The summed E-state index contributed by atoms with van der Waals surface area (Å²) in [6.45, 7) is 1.85. The molecule has 0 saturated carbocycles. The quantitative estimate of drug-likeness (QED) is 0.536. The van der Waals surface area contributed by atoms with Crippen LogP contribution in [0, 0.1) is 18.6 Å². The molecule has 28 heavy (non-hydrogen) atoms. The Morgan fingerprint density at radius 3 is 2.43 bits per heavy atom. The monoisotopic (exact) mass is 418 g/mol. The molecule has 0 N–H and O–H groups in total. The van der Waals surface area contributed by atoms with Crippen molar-refractivity contribution in [2.45, 2.75) is 28.6 Å². The third kappa shape index (κ3) is 3.45. The van der Waals surface area contributed by atoms with Crippen LogP contribution in [0.15, 0.2) is 70.5 Å². The number of aryl methyl sites for hydroxylation is 1. The molecule has 0 aliphatic carbocycles. The van der Waals surface area contributed by atoms with E-state index in [9.17, 15) is 17.2 Å². The van der Waals surface area contributed by atoms with Crippen LogP contribution in [0.1, 0.15) is 28.4 Å². The molecule has 0 spiro atoms. The van der Waals surface area contributed by atoms with Gasteiger partial charge < -0.3 is 0 Å². The summed E-state index contributed by atoms with van der Waals surface area (Å²) in [5, 5.41) is 0. The standard InChI is InChI=1S/C21H16F2O3S2/c1-13-6-8-14(9-7-13)28(24,25)26-21-15-10-11-18(22)20(23)17(15)12-27-19-5-3-2-4-16(19)21/h2-11,21H,12H2,1H3. The average Bonchev–Trinajstić information content (AvgIpc) is 2.83. The molecule has 0 bridgehead atoms. The Morgan fingerprint density at radius 1 is 0.964 bits per heavy atom. The summed E-state index contributed by atoms with van der Waals surface area (Å²) < 4.78 is 59.7. The first kappa shape index (κ1) is 19.1. The second-order valence-corrected chi connectivity index (χ2v) is 9.09. The van der Waals surface area contributed by atoms with Gasteiger partial charge in [-0.05, 0) is 36.8 Å². The van der Waals surface area contributed by atoms with Crippen molar-refractivity contribution in [2.75, 3.05) is 0 Å². The molecular formula is C21H16F2O3S2.